The van der Waals surface area contributed by atoms with Crippen LogP contribution in [-0.2, 0) is 22.9 Å². The Bertz CT molecular complexity index is 926. The van der Waals surface area contributed by atoms with E-state index < -0.39 is 21.9 Å². The van der Waals surface area contributed by atoms with Gasteiger partial charge in [-0.2, -0.15) is 0 Å². The summed E-state index contributed by atoms with van der Waals surface area (Å²) in [6, 6.07) is 9.22. The molecule has 4 rings (SSSR count). The maximum atomic E-state index is 13.5. The fourth-order valence-corrected chi connectivity index (χ4v) is 5.34. The van der Waals surface area contributed by atoms with E-state index in [1.807, 2.05) is 6.07 Å². The molecule has 1 aliphatic heterocycles. The second kappa shape index (κ2) is 6.11. The van der Waals surface area contributed by atoms with E-state index in [9.17, 15) is 17.9 Å². The largest absolute Gasteiger partial charge is 0.388 e. The Labute approximate surface area is 147 Å². The predicted molar refractivity (Wildman–Crippen MR) is 93.6 cm³/mol. The van der Waals surface area contributed by atoms with Crippen molar-refractivity contribution in [1.82, 2.24) is 0 Å². The standard InChI is InChI=1S/C19H20FNO3S/c20-15-6-8-18-17(12-15)19(22)9-10-21(18)25(23,24)16-7-5-13-3-1-2-4-14(13)11-16/h5-8,11-12,19,22H,1-4,9-10H2. The summed E-state index contributed by atoms with van der Waals surface area (Å²) in [5, 5.41) is 10.1. The molecule has 0 saturated carbocycles. The maximum absolute atomic E-state index is 13.5. The van der Waals surface area contributed by atoms with Crippen molar-refractivity contribution in [1.29, 1.82) is 0 Å². The van der Waals surface area contributed by atoms with Gasteiger partial charge < -0.3 is 5.11 Å². The Morgan fingerprint density at radius 3 is 2.60 bits per heavy atom. The average molecular weight is 361 g/mol. The van der Waals surface area contributed by atoms with Gasteiger partial charge in [-0.05, 0) is 73.6 Å². The molecule has 0 bridgehead atoms. The second-order valence-electron chi connectivity index (χ2n) is 6.72. The highest BCUT2D eigenvalue weighted by Gasteiger charge is 2.33. The van der Waals surface area contributed by atoms with Gasteiger partial charge in [-0.3, -0.25) is 4.31 Å². The van der Waals surface area contributed by atoms with Crippen molar-refractivity contribution in [3.05, 3.63) is 58.9 Å². The van der Waals surface area contributed by atoms with E-state index in [2.05, 4.69) is 0 Å². The van der Waals surface area contributed by atoms with E-state index in [1.54, 1.807) is 12.1 Å². The SMILES string of the molecule is O=S(=O)(c1ccc2c(c1)CCCC2)N1CCC(O)c2cc(F)ccc21. The number of aryl methyl sites for hydroxylation is 2. The van der Waals surface area contributed by atoms with E-state index in [4.69, 9.17) is 0 Å². The highest BCUT2D eigenvalue weighted by atomic mass is 32.2. The smallest absolute Gasteiger partial charge is 0.264 e. The second-order valence-corrected chi connectivity index (χ2v) is 8.58. The predicted octanol–water partition coefficient (Wildman–Crippen LogP) is 3.34. The lowest BCUT2D eigenvalue weighted by atomic mass is 9.92. The Balaban J connectivity index is 1.78. The molecule has 2 aliphatic rings. The number of halogens is 1. The lowest BCUT2D eigenvalue weighted by Gasteiger charge is -2.33. The summed E-state index contributed by atoms with van der Waals surface area (Å²) in [7, 11) is -3.75. The summed E-state index contributed by atoms with van der Waals surface area (Å²) in [6.45, 7) is 0.180. The van der Waals surface area contributed by atoms with Crippen LogP contribution in [0.2, 0.25) is 0 Å². The third-order valence-electron chi connectivity index (χ3n) is 5.13. The van der Waals surface area contributed by atoms with Crippen molar-refractivity contribution >= 4 is 15.7 Å². The molecule has 6 heteroatoms. The number of hydrogen-bond acceptors (Lipinski definition) is 3. The van der Waals surface area contributed by atoms with Gasteiger partial charge in [0.05, 0.1) is 16.7 Å². The molecule has 0 saturated heterocycles. The van der Waals surface area contributed by atoms with Gasteiger partial charge in [0.25, 0.3) is 10.0 Å². The topological polar surface area (TPSA) is 57.6 Å². The fraction of sp³-hybridized carbons (Fsp3) is 0.368. The third-order valence-corrected chi connectivity index (χ3v) is 6.94. The minimum Gasteiger partial charge on any atom is -0.388 e. The number of aliphatic hydroxyl groups is 1. The molecule has 25 heavy (non-hydrogen) atoms. The monoisotopic (exact) mass is 361 g/mol. The molecular weight excluding hydrogens is 341 g/mol. The van der Waals surface area contributed by atoms with Gasteiger partial charge >= 0.3 is 0 Å². The third kappa shape index (κ3) is 2.83. The Hall–Kier alpha value is -1.92. The molecule has 0 amide bonds. The van der Waals surface area contributed by atoms with Crippen LogP contribution < -0.4 is 4.31 Å². The summed E-state index contributed by atoms with van der Waals surface area (Å²) >= 11 is 0. The van der Waals surface area contributed by atoms with Crippen LogP contribution in [0.4, 0.5) is 10.1 Å². The van der Waals surface area contributed by atoms with Crippen LogP contribution >= 0.6 is 0 Å². The van der Waals surface area contributed by atoms with Crippen molar-refractivity contribution in [2.75, 3.05) is 10.8 Å². The highest BCUT2D eigenvalue weighted by molar-refractivity contribution is 7.92. The van der Waals surface area contributed by atoms with Gasteiger partial charge in [0, 0.05) is 12.1 Å². The van der Waals surface area contributed by atoms with Gasteiger partial charge in [0.15, 0.2) is 0 Å². The van der Waals surface area contributed by atoms with Crippen LogP contribution in [-0.4, -0.2) is 20.1 Å². The number of anilines is 1. The lowest BCUT2D eigenvalue weighted by molar-refractivity contribution is 0.166. The lowest BCUT2D eigenvalue weighted by Crippen LogP contribution is -2.36. The Morgan fingerprint density at radius 1 is 1.04 bits per heavy atom. The first kappa shape index (κ1) is 16.5. The molecule has 1 aliphatic carbocycles. The number of sulfonamides is 1. The molecule has 1 unspecified atom stereocenters. The van der Waals surface area contributed by atoms with Crippen molar-refractivity contribution in [3.63, 3.8) is 0 Å². The van der Waals surface area contributed by atoms with Gasteiger partial charge in [-0.15, -0.1) is 0 Å². The fourth-order valence-electron chi connectivity index (χ4n) is 3.78. The first-order valence-corrected chi connectivity index (χ1v) is 10.0. The summed E-state index contributed by atoms with van der Waals surface area (Å²) in [5.41, 5.74) is 3.01. The minimum absolute atomic E-state index is 0.180. The van der Waals surface area contributed by atoms with Crippen molar-refractivity contribution in [2.24, 2.45) is 0 Å². The van der Waals surface area contributed by atoms with E-state index in [-0.39, 0.29) is 17.9 Å². The normalized spacial score (nSPS) is 20.1. The van der Waals surface area contributed by atoms with Gasteiger partial charge in [-0.1, -0.05) is 6.07 Å². The van der Waals surface area contributed by atoms with Crippen LogP contribution in [0.15, 0.2) is 41.3 Å². The van der Waals surface area contributed by atoms with Crippen LogP contribution in [0, 0.1) is 5.82 Å². The molecule has 1 atom stereocenters. The van der Waals surface area contributed by atoms with Gasteiger partial charge in [0.2, 0.25) is 0 Å². The summed E-state index contributed by atoms with van der Waals surface area (Å²) in [4.78, 5) is 0.264. The zero-order chi connectivity index (χ0) is 17.6. The molecule has 4 nitrogen and oxygen atoms in total. The van der Waals surface area contributed by atoms with E-state index >= 15 is 0 Å². The molecule has 2 aromatic rings. The van der Waals surface area contributed by atoms with Crippen molar-refractivity contribution in [2.45, 2.75) is 43.1 Å². The molecule has 1 N–H and O–H groups in total. The van der Waals surface area contributed by atoms with Gasteiger partial charge in [-0.25, -0.2) is 12.8 Å². The average Bonchev–Trinajstić information content (AvgIpc) is 2.62. The Kier molecular flexibility index (Phi) is 4.04. The first-order valence-electron chi connectivity index (χ1n) is 8.59. The maximum Gasteiger partial charge on any atom is 0.264 e. The Morgan fingerprint density at radius 2 is 1.80 bits per heavy atom. The molecule has 0 radical (unpaired) electrons. The first-order chi connectivity index (χ1) is 12.0. The van der Waals surface area contributed by atoms with Crippen LogP contribution in [0.5, 0.6) is 0 Å². The molecule has 132 valence electrons. The van der Waals surface area contributed by atoms with Gasteiger partial charge in [0.1, 0.15) is 5.82 Å². The number of fused-ring (bicyclic) bond motifs is 2. The summed E-state index contributed by atoms with van der Waals surface area (Å²) in [6.07, 6.45) is 3.52. The number of hydrogen-bond donors (Lipinski definition) is 1. The van der Waals surface area contributed by atoms with E-state index in [1.165, 1.54) is 28.1 Å². The van der Waals surface area contributed by atoms with Crippen LogP contribution in [0.1, 0.15) is 42.1 Å². The quantitative estimate of drug-likeness (QED) is 0.893. The molecule has 1 heterocycles. The van der Waals surface area contributed by atoms with E-state index in [0.717, 1.165) is 31.2 Å². The minimum atomic E-state index is -3.75. The zero-order valence-corrected chi connectivity index (χ0v) is 14.6. The van der Waals surface area contributed by atoms with Crippen molar-refractivity contribution < 1.29 is 17.9 Å². The number of rotatable bonds is 2. The molecule has 2 aromatic carbocycles. The van der Waals surface area contributed by atoms with Crippen molar-refractivity contribution in [3.8, 4) is 0 Å². The molecule has 0 aromatic heterocycles. The van der Waals surface area contributed by atoms with Crippen LogP contribution in [0.25, 0.3) is 0 Å². The summed E-state index contributed by atoms with van der Waals surface area (Å²) in [5.74, 6) is -0.481. The zero-order valence-electron chi connectivity index (χ0n) is 13.8. The number of benzene rings is 2. The highest BCUT2D eigenvalue weighted by Crippen LogP contribution is 2.38. The van der Waals surface area contributed by atoms with E-state index in [0.29, 0.717) is 11.3 Å². The number of aliphatic hydroxyl groups excluding tert-OH is 1. The molecular formula is C19H20FNO3S. The molecule has 0 fully saturated rings. The number of nitrogens with zero attached hydrogens (tertiary/aromatic N) is 1. The van der Waals surface area contributed by atoms with Crippen LogP contribution in [0.3, 0.4) is 0 Å². The summed E-state index contributed by atoms with van der Waals surface area (Å²) < 4.78 is 41.2. The molecule has 0 spiro atoms.